The lowest BCUT2D eigenvalue weighted by Crippen LogP contribution is -2.44. The van der Waals surface area contributed by atoms with Crippen LogP contribution in [-0.2, 0) is 22.5 Å². The van der Waals surface area contributed by atoms with Crippen molar-refractivity contribution in [1.29, 1.82) is 0 Å². The Morgan fingerprint density at radius 1 is 0.872 bits per heavy atom. The fourth-order valence-electron chi connectivity index (χ4n) is 4.12. The SMILES string of the molecule is CCOCCCN(CC(=O)N(CCc1ccc(OC)c(OC)c1)Cc1cccs1)C(=O)c1ccc(OC)cc1. The van der Waals surface area contributed by atoms with Gasteiger partial charge >= 0.3 is 0 Å². The lowest BCUT2D eigenvalue weighted by atomic mass is 10.1. The average molecular weight is 555 g/mol. The molecule has 0 aliphatic rings. The number of rotatable bonds is 16. The van der Waals surface area contributed by atoms with Gasteiger partial charge in [-0.3, -0.25) is 9.59 Å². The van der Waals surface area contributed by atoms with Crippen LogP contribution >= 0.6 is 11.3 Å². The second kappa shape index (κ2) is 15.8. The summed E-state index contributed by atoms with van der Waals surface area (Å²) in [4.78, 5) is 31.6. The van der Waals surface area contributed by atoms with Gasteiger partial charge in [-0.15, -0.1) is 11.3 Å². The van der Waals surface area contributed by atoms with Crippen LogP contribution in [0.1, 0.15) is 34.1 Å². The zero-order chi connectivity index (χ0) is 28.0. The highest BCUT2D eigenvalue weighted by Crippen LogP contribution is 2.28. The quantitative estimate of drug-likeness (QED) is 0.234. The average Bonchev–Trinajstić information content (AvgIpc) is 3.49. The summed E-state index contributed by atoms with van der Waals surface area (Å²) >= 11 is 1.61. The number of thiophene rings is 1. The van der Waals surface area contributed by atoms with Crippen LogP contribution in [0.25, 0.3) is 0 Å². The lowest BCUT2D eigenvalue weighted by molar-refractivity contribution is -0.132. The molecule has 2 amide bonds. The first-order valence-electron chi connectivity index (χ1n) is 13.0. The fourth-order valence-corrected chi connectivity index (χ4v) is 4.84. The molecule has 1 aromatic heterocycles. The second-order valence-corrected chi connectivity index (χ2v) is 9.87. The molecular formula is C30H38N2O6S. The molecule has 0 aliphatic carbocycles. The molecule has 0 bridgehead atoms. The van der Waals surface area contributed by atoms with Crippen LogP contribution in [0.4, 0.5) is 0 Å². The Morgan fingerprint density at radius 3 is 2.28 bits per heavy atom. The predicted octanol–water partition coefficient (Wildman–Crippen LogP) is 4.91. The number of carbonyl (C=O) groups excluding carboxylic acids is 2. The Labute approximate surface area is 235 Å². The van der Waals surface area contributed by atoms with Crippen molar-refractivity contribution in [1.82, 2.24) is 9.80 Å². The lowest BCUT2D eigenvalue weighted by Gasteiger charge is -2.28. The third kappa shape index (κ3) is 9.01. The van der Waals surface area contributed by atoms with Crippen LogP contribution in [0, 0.1) is 0 Å². The maximum Gasteiger partial charge on any atom is 0.254 e. The van der Waals surface area contributed by atoms with Crippen molar-refractivity contribution in [2.24, 2.45) is 0 Å². The Balaban J connectivity index is 1.77. The van der Waals surface area contributed by atoms with Crippen molar-refractivity contribution in [3.63, 3.8) is 0 Å². The number of carbonyl (C=O) groups is 2. The topological polar surface area (TPSA) is 77.5 Å². The molecule has 2 aromatic carbocycles. The van der Waals surface area contributed by atoms with Gasteiger partial charge in [0.2, 0.25) is 5.91 Å². The number of hydrogen-bond acceptors (Lipinski definition) is 7. The zero-order valence-electron chi connectivity index (χ0n) is 23.2. The van der Waals surface area contributed by atoms with Crippen LogP contribution in [0.15, 0.2) is 60.0 Å². The van der Waals surface area contributed by atoms with Crippen molar-refractivity contribution < 1.29 is 28.5 Å². The molecule has 0 fully saturated rings. The van der Waals surface area contributed by atoms with E-state index in [4.69, 9.17) is 18.9 Å². The van der Waals surface area contributed by atoms with Crippen molar-refractivity contribution >= 4 is 23.2 Å². The second-order valence-electron chi connectivity index (χ2n) is 8.84. The maximum atomic E-state index is 13.7. The van der Waals surface area contributed by atoms with Crippen LogP contribution < -0.4 is 14.2 Å². The number of benzene rings is 2. The summed E-state index contributed by atoms with van der Waals surface area (Å²) in [6.07, 6.45) is 1.27. The molecule has 0 aliphatic heterocycles. The summed E-state index contributed by atoms with van der Waals surface area (Å²) in [6, 6.07) is 16.7. The normalized spacial score (nSPS) is 10.7. The highest BCUT2D eigenvalue weighted by molar-refractivity contribution is 7.09. The van der Waals surface area contributed by atoms with Gasteiger partial charge in [0, 0.05) is 36.7 Å². The summed E-state index contributed by atoms with van der Waals surface area (Å²) in [6.45, 7) is 4.44. The van der Waals surface area contributed by atoms with Crippen molar-refractivity contribution in [2.45, 2.75) is 26.3 Å². The van der Waals surface area contributed by atoms with Crippen LogP contribution in [0.2, 0.25) is 0 Å². The van der Waals surface area contributed by atoms with Crippen molar-refractivity contribution in [3.8, 4) is 17.2 Å². The van der Waals surface area contributed by atoms with Gasteiger partial charge in [-0.2, -0.15) is 0 Å². The van der Waals surface area contributed by atoms with E-state index < -0.39 is 0 Å². The third-order valence-electron chi connectivity index (χ3n) is 6.27. The van der Waals surface area contributed by atoms with Crippen LogP contribution in [0.5, 0.6) is 17.2 Å². The number of amides is 2. The summed E-state index contributed by atoms with van der Waals surface area (Å²) in [5.41, 5.74) is 1.54. The molecule has 0 radical (unpaired) electrons. The largest absolute Gasteiger partial charge is 0.497 e. The van der Waals surface area contributed by atoms with E-state index in [1.807, 2.05) is 47.5 Å². The molecule has 0 unspecified atom stereocenters. The molecule has 210 valence electrons. The van der Waals surface area contributed by atoms with E-state index in [0.717, 1.165) is 10.4 Å². The van der Waals surface area contributed by atoms with Gasteiger partial charge in [0.25, 0.3) is 5.91 Å². The van der Waals surface area contributed by atoms with Crippen LogP contribution in [-0.4, -0.2) is 75.8 Å². The van der Waals surface area contributed by atoms with E-state index in [1.54, 1.807) is 61.8 Å². The maximum absolute atomic E-state index is 13.7. The molecule has 3 aromatic rings. The van der Waals surface area contributed by atoms with Gasteiger partial charge in [0.1, 0.15) is 12.3 Å². The molecule has 0 N–H and O–H groups in total. The minimum Gasteiger partial charge on any atom is -0.497 e. The summed E-state index contributed by atoms with van der Waals surface area (Å²) in [5, 5.41) is 2.00. The predicted molar refractivity (Wildman–Crippen MR) is 153 cm³/mol. The molecule has 8 nitrogen and oxygen atoms in total. The highest BCUT2D eigenvalue weighted by Gasteiger charge is 2.23. The number of methoxy groups -OCH3 is 3. The Morgan fingerprint density at radius 2 is 1.64 bits per heavy atom. The molecule has 0 saturated carbocycles. The smallest absolute Gasteiger partial charge is 0.254 e. The first-order chi connectivity index (χ1) is 19.0. The standard InChI is InChI=1S/C30H38N2O6S/c1-5-38-18-7-16-32(30(34)24-10-12-25(35-2)13-11-24)22-29(33)31(21-26-8-6-19-39-26)17-15-23-9-14-27(36-3)28(20-23)37-4/h6,8-14,19-20H,5,7,15-18,21-22H2,1-4H3. The van der Waals surface area contributed by atoms with Gasteiger partial charge in [-0.25, -0.2) is 0 Å². The van der Waals surface area contributed by atoms with Crippen molar-refractivity contribution in [2.75, 3.05) is 54.2 Å². The van der Waals surface area contributed by atoms with E-state index in [9.17, 15) is 9.59 Å². The van der Waals surface area contributed by atoms with Gasteiger partial charge in [-0.05, 0) is 73.2 Å². The molecule has 3 rings (SSSR count). The van der Waals surface area contributed by atoms with E-state index >= 15 is 0 Å². The van der Waals surface area contributed by atoms with Gasteiger partial charge in [-0.1, -0.05) is 12.1 Å². The molecule has 0 atom stereocenters. The summed E-state index contributed by atoms with van der Waals surface area (Å²) in [5.74, 6) is 1.67. The monoisotopic (exact) mass is 554 g/mol. The number of hydrogen-bond donors (Lipinski definition) is 0. The van der Waals surface area contributed by atoms with Crippen molar-refractivity contribution in [3.05, 3.63) is 76.0 Å². The Hall–Kier alpha value is -3.56. The van der Waals surface area contributed by atoms with Gasteiger partial charge in [0.05, 0.1) is 27.9 Å². The first kappa shape index (κ1) is 30.0. The molecular weight excluding hydrogens is 516 g/mol. The number of nitrogens with zero attached hydrogens (tertiary/aromatic N) is 2. The van der Waals surface area contributed by atoms with Gasteiger partial charge < -0.3 is 28.7 Å². The Bertz CT molecular complexity index is 1170. The number of ether oxygens (including phenoxy) is 4. The molecule has 1 heterocycles. The minimum absolute atomic E-state index is 0.0195. The molecule has 0 spiro atoms. The first-order valence-corrected chi connectivity index (χ1v) is 13.9. The molecule has 9 heteroatoms. The van der Waals surface area contributed by atoms with E-state index in [2.05, 4.69) is 0 Å². The van der Waals surface area contributed by atoms with E-state index in [1.165, 1.54) is 0 Å². The summed E-state index contributed by atoms with van der Waals surface area (Å²) < 4.78 is 21.5. The fraction of sp³-hybridized carbons (Fsp3) is 0.400. The minimum atomic E-state index is -0.196. The third-order valence-corrected chi connectivity index (χ3v) is 7.13. The van der Waals surface area contributed by atoms with E-state index in [-0.39, 0.29) is 18.4 Å². The van der Waals surface area contributed by atoms with E-state index in [0.29, 0.717) is 68.5 Å². The highest BCUT2D eigenvalue weighted by atomic mass is 32.1. The molecule has 39 heavy (non-hydrogen) atoms. The summed E-state index contributed by atoms with van der Waals surface area (Å²) in [7, 11) is 4.79. The Kier molecular flexibility index (Phi) is 12.1. The zero-order valence-corrected chi connectivity index (χ0v) is 24.0. The molecule has 0 saturated heterocycles. The van der Waals surface area contributed by atoms with Crippen LogP contribution in [0.3, 0.4) is 0 Å². The van der Waals surface area contributed by atoms with Gasteiger partial charge in [0.15, 0.2) is 11.5 Å².